The van der Waals surface area contributed by atoms with Gasteiger partial charge < -0.3 is 10.6 Å². The van der Waals surface area contributed by atoms with Gasteiger partial charge in [0.25, 0.3) is 0 Å². The molecule has 2 aromatic rings. The van der Waals surface area contributed by atoms with Crippen LogP contribution in [0.4, 0.5) is 5.13 Å². The van der Waals surface area contributed by atoms with Crippen molar-refractivity contribution in [1.82, 2.24) is 20.0 Å². The molecule has 2 N–H and O–H groups in total. The molecule has 106 valence electrons. The van der Waals surface area contributed by atoms with Crippen LogP contribution in [0.3, 0.4) is 0 Å². The van der Waals surface area contributed by atoms with Crippen molar-refractivity contribution in [1.29, 1.82) is 0 Å². The number of nitrogen functional groups attached to an aromatic ring is 1. The van der Waals surface area contributed by atoms with Crippen molar-refractivity contribution in [2.45, 2.75) is 12.6 Å². The molecule has 1 unspecified atom stereocenters. The van der Waals surface area contributed by atoms with Gasteiger partial charge in [-0.3, -0.25) is 4.90 Å². The summed E-state index contributed by atoms with van der Waals surface area (Å²) < 4.78 is 0. The summed E-state index contributed by atoms with van der Waals surface area (Å²) in [5, 5.41) is 9.59. The van der Waals surface area contributed by atoms with Crippen molar-refractivity contribution in [3.63, 3.8) is 0 Å². The second kappa shape index (κ2) is 5.87. The standard InChI is InChI=1S/C14H19N5S/c1-18-7-8-19(10-13-16-17-14(15)20-13)12(9-18)11-5-3-2-4-6-11/h2-6,12H,7-10H2,1H3,(H2,15,17). The van der Waals surface area contributed by atoms with Crippen molar-refractivity contribution < 1.29 is 0 Å². The van der Waals surface area contributed by atoms with E-state index in [1.165, 1.54) is 16.9 Å². The Morgan fingerprint density at radius 3 is 2.75 bits per heavy atom. The largest absolute Gasteiger partial charge is 0.374 e. The molecule has 1 aromatic carbocycles. The molecule has 20 heavy (non-hydrogen) atoms. The molecule has 0 bridgehead atoms. The third kappa shape index (κ3) is 2.98. The van der Waals surface area contributed by atoms with Crippen molar-refractivity contribution in [2.75, 3.05) is 32.4 Å². The fraction of sp³-hybridized carbons (Fsp3) is 0.429. The van der Waals surface area contributed by atoms with Crippen molar-refractivity contribution >= 4 is 16.5 Å². The number of nitrogens with zero attached hydrogens (tertiary/aromatic N) is 4. The number of benzene rings is 1. The first-order valence-electron chi connectivity index (χ1n) is 6.78. The van der Waals surface area contributed by atoms with Gasteiger partial charge in [0.2, 0.25) is 5.13 Å². The van der Waals surface area contributed by atoms with Gasteiger partial charge in [0.05, 0.1) is 6.54 Å². The molecule has 3 rings (SSSR count). The van der Waals surface area contributed by atoms with E-state index >= 15 is 0 Å². The molecule has 1 fully saturated rings. The Bertz CT molecular complexity index is 556. The average Bonchev–Trinajstić information content (AvgIpc) is 2.87. The average molecular weight is 289 g/mol. The normalized spacial score (nSPS) is 21.1. The van der Waals surface area contributed by atoms with Gasteiger partial charge in [0.1, 0.15) is 5.01 Å². The van der Waals surface area contributed by atoms with Gasteiger partial charge in [0, 0.05) is 25.7 Å². The second-order valence-electron chi connectivity index (χ2n) is 5.19. The van der Waals surface area contributed by atoms with Crippen LogP contribution in [0.25, 0.3) is 0 Å². The van der Waals surface area contributed by atoms with Crippen LogP contribution in [0.15, 0.2) is 30.3 Å². The molecule has 0 amide bonds. The lowest BCUT2D eigenvalue weighted by molar-refractivity contribution is 0.0831. The minimum atomic E-state index is 0.403. The number of aromatic nitrogens is 2. The molecule has 0 spiro atoms. The van der Waals surface area contributed by atoms with E-state index in [-0.39, 0.29) is 0 Å². The number of hydrogen-bond donors (Lipinski definition) is 1. The van der Waals surface area contributed by atoms with Gasteiger partial charge >= 0.3 is 0 Å². The highest BCUT2D eigenvalue weighted by Gasteiger charge is 2.27. The topological polar surface area (TPSA) is 58.3 Å². The molecule has 1 aromatic heterocycles. The molecule has 6 heteroatoms. The lowest BCUT2D eigenvalue weighted by Crippen LogP contribution is -2.46. The van der Waals surface area contributed by atoms with E-state index in [9.17, 15) is 0 Å². The van der Waals surface area contributed by atoms with E-state index in [0.717, 1.165) is 31.2 Å². The summed E-state index contributed by atoms with van der Waals surface area (Å²) in [5.74, 6) is 0. The monoisotopic (exact) mass is 289 g/mol. The SMILES string of the molecule is CN1CCN(Cc2nnc(N)s2)C(c2ccccc2)C1. The summed E-state index contributed by atoms with van der Waals surface area (Å²) in [6.45, 7) is 3.98. The molecular formula is C14H19N5S. The zero-order valence-electron chi connectivity index (χ0n) is 11.6. The maximum Gasteiger partial charge on any atom is 0.203 e. The Hall–Kier alpha value is -1.50. The first-order chi connectivity index (χ1) is 9.72. The highest BCUT2D eigenvalue weighted by atomic mass is 32.1. The molecule has 1 aliphatic rings. The van der Waals surface area contributed by atoms with Gasteiger partial charge in [0.15, 0.2) is 0 Å². The third-order valence-corrected chi connectivity index (χ3v) is 4.44. The molecule has 1 atom stereocenters. The predicted molar refractivity (Wildman–Crippen MR) is 81.4 cm³/mol. The Balaban J connectivity index is 1.80. The van der Waals surface area contributed by atoms with Crippen molar-refractivity contribution in [3.8, 4) is 0 Å². The van der Waals surface area contributed by atoms with Crippen LogP contribution < -0.4 is 5.73 Å². The van der Waals surface area contributed by atoms with Crippen LogP contribution in [-0.2, 0) is 6.54 Å². The van der Waals surface area contributed by atoms with E-state index in [2.05, 4.69) is 57.4 Å². The van der Waals surface area contributed by atoms with E-state index < -0.39 is 0 Å². The van der Waals surface area contributed by atoms with Crippen LogP contribution in [0.5, 0.6) is 0 Å². The molecule has 5 nitrogen and oxygen atoms in total. The molecule has 1 aliphatic heterocycles. The number of rotatable bonds is 3. The molecular weight excluding hydrogens is 270 g/mol. The minimum absolute atomic E-state index is 0.403. The first-order valence-corrected chi connectivity index (χ1v) is 7.59. The summed E-state index contributed by atoms with van der Waals surface area (Å²) in [6, 6.07) is 11.1. The van der Waals surface area contributed by atoms with Gasteiger partial charge in [-0.2, -0.15) is 0 Å². The predicted octanol–water partition coefficient (Wildman–Crippen LogP) is 1.61. The Labute approximate surface area is 123 Å². The number of anilines is 1. The van der Waals surface area contributed by atoms with Gasteiger partial charge in [-0.25, -0.2) is 0 Å². The molecule has 0 saturated carbocycles. The Kier molecular flexibility index (Phi) is 3.95. The van der Waals surface area contributed by atoms with E-state index in [1.807, 2.05) is 0 Å². The van der Waals surface area contributed by atoms with Gasteiger partial charge in [-0.1, -0.05) is 41.7 Å². The number of piperazine rings is 1. The van der Waals surface area contributed by atoms with Crippen LogP contribution in [0, 0.1) is 0 Å². The fourth-order valence-corrected chi connectivity index (χ4v) is 3.28. The maximum absolute atomic E-state index is 5.67. The van der Waals surface area contributed by atoms with Crippen molar-refractivity contribution in [3.05, 3.63) is 40.9 Å². The minimum Gasteiger partial charge on any atom is -0.374 e. The summed E-state index contributed by atoms with van der Waals surface area (Å²) in [4.78, 5) is 4.85. The third-order valence-electron chi connectivity index (χ3n) is 3.70. The second-order valence-corrected chi connectivity index (χ2v) is 6.29. The van der Waals surface area contributed by atoms with E-state index in [0.29, 0.717) is 11.2 Å². The smallest absolute Gasteiger partial charge is 0.203 e. The van der Waals surface area contributed by atoms with Gasteiger partial charge in [-0.15, -0.1) is 10.2 Å². The number of nitrogens with two attached hydrogens (primary N) is 1. The summed E-state index contributed by atoms with van der Waals surface area (Å²) in [5.41, 5.74) is 7.03. The Morgan fingerprint density at radius 1 is 1.25 bits per heavy atom. The van der Waals surface area contributed by atoms with Crippen molar-refractivity contribution in [2.24, 2.45) is 0 Å². The molecule has 1 saturated heterocycles. The Morgan fingerprint density at radius 2 is 2.05 bits per heavy atom. The fourth-order valence-electron chi connectivity index (χ4n) is 2.64. The zero-order chi connectivity index (χ0) is 13.9. The summed E-state index contributed by atoms with van der Waals surface area (Å²) in [7, 11) is 2.18. The van der Waals surface area contributed by atoms with Gasteiger partial charge in [-0.05, 0) is 12.6 Å². The van der Waals surface area contributed by atoms with Crippen LogP contribution >= 0.6 is 11.3 Å². The maximum atomic E-state index is 5.67. The lowest BCUT2D eigenvalue weighted by atomic mass is 10.0. The highest BCUT2D eigenvalue weighted by Crippen LogP contribution is 2.27. The number of hydrogen-bond acceptors (Lipinski definition) is 6. The van der Waals surface area contributed by atoms with Crippen LogP contribution in [0.1, 0.15) is 16.6 Å². The molecule has 0 aliphatic carbocycles. The van der Waals surface area contributed by atoms with Crippen LogP contribution in [-0.4, -0.2) is 46.7 Å². The zero-order valence-corrected chi connectivity index (χ0v) is 12.4. The van der Waals surface area contributed by atoms with E-state index in [1.54, 1.807) is 0 Å². The summed E-state index contributed by atoms with van der Waals surface area (Å²) >= 11 is 1.48. The lowest BCUT2D eigenvalue weighted by Gasteiger charge is -2.39. The van der Waals surface area contributed by atoms with E-state index in [4.69, 9.17) is 5.73 Å². The molecule has 2 heterocycles. The summed E-state index contributed by atoms with van der Waals surface area (Å²) in [6.07, 6.45) is 0. The number of likely N-dealkylation sites (N-methyl/N-ethyl adjacent to an activating group) is 1. The quantitative estimate of drug-likeness (QED) is 0.930. The molecule has 0 radical (unpaired) electrons. The van der Waals surface area contributed by atoms with Crippen LogP contribution in [0.2, 0.25) is 0 Å². The first kappa shape index (κ1) is 13.5. The highest BCUT2D eigenvalue weighted by molar-refractivity contribution is 7.15.